The first-order valence-electron chi connectivity index (χ1n) is 7.23. The third-order valence-electron chi connectivity index (χ3n) is 4.36. The van der Waals surface area contributed by atoms with Gasteiger partial charge < -0.3 is 11.1 Å². The second kappa shape index (κ2) is 6.15. The second-order valence-electron chi connectivity index (χ2n) is 6.12. The summed E-state index contributed by atoms with van der Waals surface area (Å²) in [5.41, 5.74) is 6.80. The molecule has 1 aromatic carbocycles. The minimum absolute atomic E-state index is 0.0270. The molecule has 3 atom stereocenters. The molecule has 1 aromatic rings. The minimum atomic E-state index is -0.414. The van der Waals surface area contributed by atoms with E-state index in [1.165, 1.54) is 0 Å². The summed E-state index contributed by atoms with van der Waals surface area (Å²) in [7, 11) is 0. The van der Waals surface area contributed by atoms with E-state index >= 15 is 0 Å². The van der Waals surface area contributed by atoms with E-state index in [2.05, 4.69) is 5.32 Å². The summed E-state index contributed by atoms with van der Waals surface area (Å²) in [5.74, 6) is 0.0806. The maximum Gasteiger partial charge on any atom is 0.227 e. The van der Waals surface area contributed by atoms with Gasteiger partial charge in [0.1, 0.15) is 0 Å². The zero-order chi connectivity index (χ0) is 14.8. The van der Waals surface area contributed by atoms with Crippen LogP contribution >= 0.6 is 11.6 Å². The van der Waals surface area contributed by atoms with Gasteiger partial charge in [-0.1, -0.05) is 30.2 Å². The molecule has 1 saturated carbocycles. The highest BCUT2D eigenvalue weighted by molar-refractivity contribution is 6.30. The molecule has 0 spiro atoms. The smallest absolute Gasteiger partial charge is 0.227 e. The van der Waals surface area contributed by atoms with Crippen LogP contribution in [-0.2, 0) is 11.2 Å². The van der Waals surface area contributed by atoms with Crippen LogP contribution in [0.2, 0.25) is 5.02 Å². The molecule has 110 valence electrons. The maximum absolute atomic E-state index is 12.4. The van der Waals surface area contributed by atoms with Gasteiger partial charge in [0.2, 0.25) is 5.91 Å². The number of amides is 1. The first-order valence-corrected chi connectivity index (χ1v) is 7.60. The molecule has 1 amide bonds. The molecule has 3 N–H and O–H groups in total. The number of carbonyl (C=O) groups excluding carboxylic acids is 1. The Morgan fingerprint density at radius 1 is 1.60 bits per heavy atom. The van der Waals surface area contributed by atoms with Crippen LogP contribution in [0, 0.1) is 5.41 Å². The fraction of sp³-hybridized carbons (Fsp3) is 0.562. The van der Waals surface area contributed by atoms with Crippen molar-refractivity contribution in [3.8, 4) is 0 Å². The van der Waals surface area contributed by atoms with Gasteiger partial charge in [-0.2, -0.15) is 0 Å². The summed E-state index contributed by atoms with van der Waals surface area (Å²) in [6.07, 6.45) is 3.63. The number of nitrogens with one attached hydrogen (secondary N) is 1. The zero-order valence-corrected chi connectivity index (χ0v) is 12.9. The van der Waals surface area contributed by atoms with E-state index in [1.807, 2.05) is 38.1 Å². The average molecular weight is 295 g/mol. The summed E-state index contributed by atoms with van der Waals surface area (Å²) in [5, 5.41) is 3.83. The van der Waals surface area contributed by atoms with E-state index in [0.717, 1.165) is 36.3 Å². The second-order valence-corrected chi connectivity index (χ2v) is 6.56. The highest BCUT2D eigenvalue weighted by Crippen LogP contribution is 2.36. The van der Waals surface area contributed by atoms with Crippen molar-refractivity contribution in [2.24, 2.45) is 11.1 Å². The van der Waals surface area contributed by atoms with Gasteiger partial charge >= 0.3 is 0 Å². The number of benzene rings is 1. The highest BCUT2D eigenvalue weighted by atomic mass is 35.5. The Labute approximate surface area is 125 Å². The molecular weight excluding hydrogens is 272 g/mol. The Kier molecular flexibility index (Phi) is 4.71. The molecule has 1 fully saturated rings. The topological polar surface area (TPSA) is 55.1 Å². The molecule has 3 unspecified atom stereocenters. The lowest BCUT2D eigenvalue weighted by Crippen LogP contribution is -2.50. The van der Waals surface area contributed by atoms with Crippen LogP contribution in [0.1, 0.15) is 38.7 Å². The predicted molar refractivity (Wildman–Crippen MR) is 82.7 cm³/mol. The van der Waals surface area contributed by atoms with Crippen LogP contribution in [0.15, 0.2) is 24.3 Å². The summed E-state index contributed by atoms with van der Waals surface area (Å²) in [6, 6.07) is 7.80. The standard InChI is InChI=1S/C16H23ClN2O/c1-11(9-12-5-3-6-13(17)10-12)19-15(20)16(2)8-4-7-14(16)18/h3,5-6,10-11,14H,4,7-9,18H2,1-2H3,(H,19,20). The van der Waals surface area contributed by atoms with Gasteiger partial charge in [0.05, 0.1) is 5.41 Å². The molecule has 0 saturated heterocycles. The molecule has 1 aliphatic carbocycles. The van der Waals surface area contributed by atoms with Crippen LogP contribution in [0.4, 0.5) is 0 Å². The lowest BCUT2D eigenvalue weighted by Gasteiger charge is -2.29. The summed E-state index contributed by atoms with van der Waals surface area (Å²) in [4.78, 5) is 12.4. The number of nitrogens with two attached hydrogens (primary N) is 1. The van der Waals surface area contributed by atoms with Gasteiger partial charge in [0.15, 0.2) is 0 Å². The van der Waals surface area contributed by atoms with E-state index in [0.29, 0.717) is 0 Å². The molecule has 3 nitrogen and oxygen atoms in total. The van der Waals surface area contributed by atoms with Gasteiger partial charge in [0.25, 0.3) is 0 Å². The Bertz CT molecular complexity index is 491. The molecule has 0 bridgehead atoms. The lowest BCUT2D eigenvalue weighted by molar-refractivity contribution is -0.131. The monoisotopic (exact) mass is 294 g/mol. The van der Waals surface area contributed by atoms with E-state index in [-0.39, 0.29) is 18.0 Å². The van der Waals surface area contributed by atoms with Crippen LogP contribution < -0.4 is 11.1 Å². The van der Waals surface area contributed by atoms with Gasteiger partial charge in [0, 0.05) is 17.1 Å². The van der Waals surface area contributed by atoms with Crippen molar-refractivity contribution in [2.45, 2.75) is 51.6 Å². The molecule has 1 aliphatic rings. The van der Waals surface area contributed by atoms with E-state index < -0.39 is 5.41 Å². The SMILES string of the molecule is CC(Cc1cccc(Cl)c1)NC(=O)C1(C)CCCC1N. The van der Waals surface area contributed by atoms with Gasteiger partial charge in [-0.15, -0.1) is 0 Å². The molecule has 4 heteroatoms. The molecule has 20 heavy (non-hydrogen) atoms. The fourth-order valence-corrected chi connectivity index (χ4v) is 3.15. The summed E-state index contributed by atoms with van der Waals surface area (Å²) >= 11 is 5.98. The minimum Gasteiger partial charge on any atom is -0.353 e. The molecule has 2 rings (SSSR count). The Balaban J connectivity index is 1.94. The highest BCUT2D eigenvalue weighted by Gasteiger charge is 2.43. The Hall–Kier alpha value is -1.06. The average Bonchev–Trinajstić information content (AvgIpc) is 2.70. The van der Waals surface area contributed by atoms with E-state index in [9.17, 15) is 4.79 Å². The third kappa shape index (κ3) is 3.33. The predicted octanol–water partition coefficient (Wildman–Crippen LogP) is 2.90. The number of hydrogen-bond donors (Lipinski definition) is 2. The molecule has 0 aliphatic heterocycles. The molecule has 0 heterocycles. The zero-order valence-electron chi connectivity index (χ0n) is 12.2. The largest absolute Gasteiger partial charge is 0.353 e. The molecule has 0 radical (unpaired) electrons. The van der Waals surface area contributed by atoms with Crippen molar-refractivity contribution in [1.82, 2.24) is 5.32 Å². The molecular formula is C16H23ClN2O. The van der Waals surface area contributed by atoms with Gasteiger partial charge in [-0.3, -0.25) is 4.79 Å². The van der Waals surface area contributed by atoms with Crippen LogP contribution in [0.25, 0.3) is 0 Å². The first kappa shape index (κ1) is 15.3. The van der Waals surface area contributed by atoms with Crippen molar-refractivity contribution in [3.05, 3.63) is 34.9 Å². The van der Waals surface area contributed by atoms with Crippen LogP contribution in [-0.4, -0.2) is 18.0 Å². The number of carbonyl (C=O) groups is 1. The van der Waals surface area contributed by atoms with Crippen molar-refractivity contribution in [1.29, 1.82) is 0 Å². The lowest BCUT2D eigenvalue weighted by atomic mass is 9.84. The van der Waals surface area contributed by atoms with Crippen LogP contribution in [0.3, 0.4) is 0 Å². The van der Waals surface area contributed by atoms with Crippen molar-refractivity contribution < 1.29 is 4.79 Å². The fourth-order valence-electron chi connectivity index (χ4n) is 2.93. The van der Waals surface area contributed by atoms with Crippen molar-refractivity contribution >= 4 is 17.5 Å². The number of halogens is 1. The summed E-state index contributed by atoms with van der Waals surface area (Å²) in [6.45, 7) is 3.99. The third-order valence-corrected chi connectivity index (χ3v) is 4.59. The normalized spacial score (nSPS) is 27.3. The quantitative estimate of drug-likeness (QED) is 0.897. The van der Waals surface area contributed by atoms with E-state index in [4.69, 9.17) is 17.3 Å². The molecule has 0 aromatic heterocycles. The Morgan fingerprint density at radius 3 is 2.95 bits per heavy atom. The number of rotatable bonds is 4. The maximum atomic E-state index is 12.4. The van der Waals surface area contributed by atoms with Gasteiger partial charge in [-0.05, 0) is 50.8 Å². The van der Waals surface area contributed by atoms with Crippen molar-refractivity contribution in [2.75, 3.05) is 0 Å². The van der Waals surface area contributed by atoms with Crippen LogP contribution in [0.5, 0.6) is 0 Å². The van der Waals surface area contributed by atoms with Gasteiger partial charge in [-0.25, -0.2) is 0 Å². The number of hydrogen-bond acceptors (Lipinski definition) is 2. The van der Waals surface area contributed by atoms with Crippen molar-refractivity contribution in [3.63, 3.8) is 0 Å². The van der Waals surface area contributed by atoms with E-state index in [1.54, 1.807) is 0 Å². The first-order chi connectivity index (χ1) is 9.41. The summed E-state index contributed by atoms with van der Waals surface area (Å²) < 4.78 is 0. The Morgan fingerprint density at radius 2 is 2.35 bits per heavy atom.